The van der Waals surface area contributed by atoms with Crippen LogP contribution in [0.4, 0.5) is 0 Å². The van der Waals surface area contributed by atoms with Gasteiger partial charge < -0.3 is 9.42 Å². The normalized spacial score (nSPS) is 16.6. The highest BCUT2D eigenvalue weighted by atomic mass is 32.1. The molecule has 1 amide bonds. The molecule has 5 rings (SSSR count). The molecule has 2 aromatic carbocycles. The molecule has 146 valence electrons. The lowest BCUT2D eigenvalue weighted by molar-refractivity contribution is -0.130. The van der Waals surface area contributed by atoms with Crippen molar-refractivity contribution in [2.45, 2.75) is 25.2 Å². The first-order chi connectivity index (χ1) is 14.3. The van der Waals surface area contributed by atoms with Crippen molar-refractivity contribution < 1.29 is 9.32 Å². The molecule has 4 aromatic rings. The Kier molecular flexibility index (Phi) is 4.81. The molecule has 1 aliphatic rings. The summed E-state index contributed by atoms with van der Waals surface area (Å²) in [6.45, 7) is 1.38. The van der Waals surface area contributed by atoms with Gasteiger partial charge in [-0.3, -0.25) is 4.79 Å². The van der Waals surface area contributed by atoms with Crippen molar-refractivity contribution >= 4 is 27.5 Å². The summed E-state index contributed by atoms with van der Waals surface area (Å²) in [5.74, 6) is 1.51. The monoisotopic (exact) mass is 404 g/mol. The van der Waals surface area contributed by atoms with E-state index in [9.17, 15) is 4.79 Å². The lowest BCUT2D eigenvalue weighted by atomic mass is 10.1. The van der Waals surface area contributed by atoms with E-state index < -0.39 is 0 Å². The lowest BCUT2D eigenvalue weighted by Crippen LogP contribution is -2.28. The minimum Gasteiger partial charge on any atom is -0.342 e. The summed E-state index contributed by atoms with van der Waals surface area (Å²) >= 11 is 1.67. The molecule has 1 aliphatic heterocycles. The number of hydrogen-bond acceptors (Lipinski definition) is 6. The number of thiazole rings is 1. The van der Waals surface area contributed by atoms with E-state index in [1.165, 1.54) is 4.70 Å². The van der Waals surface area contributed by atoms with E-state index in [0.29, 0.717) is 31.1 Å². The molecule has 0 saturated carbocycles. The molecule has 2 aromatic heterocycles. The summed E-state index contributed by atoms with van der Waals surface area (Å²) in [6, 6.07) is 17.8. The second-order valence-electron chi connectivity index (χ2n) is 7.22. The molecule has 7 heteroatoms. The number of carbonyl (C=O) groups excluding carboxylic acids is 1. The molecule has 0 bridgehead atoms. The number of para-hydroxylation sites is 1. The molecule has 6 nitrogen and oxygen atoms in total. The van der Waals surface area contributed by atoms with Crippen LogP contribution in [0.2, 0.25) is 0 Å². The van der Waals surface area contributed by atoms with Crippen LogP contribution in [0.15, 0.2) is 59.1 Å². The summed E-state index contributed by atoms with van der Waals surface area (Å²) in [4.78, 5) is 23.8. The molecule has 1 fully saturated rings. The van der Waals surface area contributed by atoms with Gasteiger partial charge in [0.2, 0.25) is 5.91 Å². The first-order valence-corrected chi connectivity index (χ1v) is 10.6. The molecule has 0 aliphatic carbocycles. The second kappa shape index (κ2) is 7.75. The van der Waals surface area contributed by atoms with E-state index in [-0.39, 0.29) is 11.8 Å². The Morgan fingerprint density at radius 3 is 2.79 bits per heavy atom. The van der Waals surface area contributed by atoms with Crippen molar-refractivity contribution in [1.82, 2.24) is 20.0 Å². The highest BCUT2D eigenvalue weighted by Gasteiger charge is 2.30. The minimum absolute atomic E-state index is 0.127. The van der Waals surface area contributed by atoms with Gasteiger partial charge in [0.05, 0.1) is 15.2 Å². The second-order valence-corrected chi connectivity index (χ2v) is 8.34. The number of aryl methyl sites for hydroxylation is 1. The van der Waals surface area contributed by atoms with Crippen LogP contribution in [0.5, 0.6) is 0 Å². The molecule has 0 radical (unpaired) electrons. The zero-order valence-corrected chi connectivity index (χ0v) is 16.6. The van der Waals surface area contributed by atoms with Crippen LogP contribution >= 0.6 is 11.3 Å². The Hall–Kier alpha value is -3.06. The van der Waals surface area contributed by atoms with Crippen molar-refractivity contribution in [3.05, 3.63) is 65.4 Å². The van der Waals surface area contributed by atoms with Crippen molar-refractivity contribution in [1.29, 1.82) is 0 Å². The maximum absolute atomic E-state index is 12.7. The predicted molar refractivity (Wildman–Crippen MR) is 112 cm³/mol. The molecule has 1 saturated heterocycles. The Morgan fingerprint density at radius 2 is 1.93 bits per heavy atom. The Balaban J connectivity index is 1.19. The third-order valence-corrected chi connectivity index (χ3v) is 6.36. The maximum atomic E-state index is 12.7. The van der Waals surface area contributed by atoms with Gasteiger partial charge in [-0.1, -0.05) is 35.5 Å². The molecule has 0 N–H and O–H groups in total. The van der Waals surface area contributed by atoms with E-state index in [0.717, 1.165) is 29.1 Å². The van der Waals surface area contributed by atoms with Gasteiger partial charge in [0, 0.05) is 37.4 Å². The first kappa shape index (κ1) is 18.0. The number of benzene rings is 2. The molecule has 1 unspecified atom stereocenters. The van der Waals surface area contributed by atoms with Gasteiger partial charge in [-0.15, -0.1) is 11.3 Å². The van der Waals surface area contributed by atoms with Gasteiger partial charge in [-0.2, -0.15) is 4.98 Å². The minimum atomic E-state index is 0.127. The fourth-order valence-electron chi connectivity index (χ4n) is 3.70. The van der Waals surface area contributed by atoms with Crippen molar-refractivity contribution in [3.8, 4) is 11.5 Å². The number of amides is 1. The molecular formula is C22H20N4O2S. The van der Waals surface area contributed by atoms with E-state index in [2.05, 4.69) is 21.2 Å². The molecule has 3 heterocycles. The van der Waals surface area contributed by atoms with Gasteiger partial charge >= 0.3 is 0 Å². The highest BCUT2D eigenvalue weighted by molar-refractivity contribution is 7.18. The topological polar surface area (TPSA) is 72.1 Å². The first-order valence-electron chi connectivity index (χ1n) is 9.77. The quantitative estimate of drug-likeness (QED) is 0.496. The smallest absolute Gasteiger partial charge is 0.257 e. The molecule has 1 atom stereocenters. The van der Waals surface area contributed by atoms with E-state index in [4.69, 9.17) is 4.52 Å². The van der Waals surface area contributed by atoms with Crippen LogP contribution in [-0.2, 0) is 11.2 Å². The fraction of sp³-hybridized carbons (Fsp3) is 0.273. The summed E-state index contributed by atoms with van der Waals surface area (Å²) in [5.41, 5.74) is 1.92. The Bertz CT molecular complexity index is 1100. The number of carbonyl (C=O) groups is 1. The van der Waals surface area contributed by atoms with Crippen LogP contribution in [0.25, 0.3) is 21.7 Å². The Morgan fingerprint density at radius 1 is 1.10 bits per heavy atom. The van der Waals surface area contributed by atoms with Crippen molar-refractivity contribution in [2.24, 2.45) is 0 Å². The number of fused-ring (bicyclic) bond motifs is 1. The van der Waals surface area contributed by atoms with Crippen molar-refractivity contribution in [3.63, 3.8) is 0 Å². The largest absolute Gasteiger partial charge is 0.342 e. The summed E-state index contributed by atoms with van der Waals surface area (Å²) < 4.78 is 6.59. The Labute approximate surface area is 172 Å². The average Bonchev–Trinajstić information content (AvgIpc) is 3.51. The molecule has 0 spiro atoms. The van der Waals surface area contributed by atoms with Crippen LogP contribution < -0.4 is 0 Å². The van der Waals surface area contributed by atoms with Gasteiger partial charge in [-0.25, -0.2) is 4.98 Å². The van der Waals surface area contributed by atoms with Crippen LogP contribution in [-0.4, -0.2) is 39.0 Å². The van der Waals surface area contributed by atoms with Crippen molar-refractivity contribution in [2.75, 3.05) is 13.1 Å². The van der Waals surface area contributed by atoms with Gasteiger partial charge in [0.25, 0.3) is 5.89 Å². The summed E-state index contributed by atoms with van der Waals surface area (Å²) in [5, 5.41) is 5.17. The fourth-order valence-corrected chi connectivity index (χ4v) is 4.66. The standard InChI is InChI=1S/C22H20N4O2S/c27-20(11-10-19-23-17-8-4-5-9-18(17)29-19)26-13-12-16(14-26)21-24-22(28-25-21)15-6-2-1-3-7-15/h1-9,16H,10-14H2. The molecule has 29 heavy (non-hydrogen) atoms. The number of nitrogens with zero attached hydrogens (tertiary/aromatic N) is 4. The lowest BCUT2D eigenvalue weighted by Gasteiger charge is -2.15. The molecular weight excluding hydrogens is 384 g/mol. The SMILES string of the molecule is O=C(CCc1nc2ccccc2s1)N1CCC(c2noc(-c3ccccc3)n2)C1. The van der Waals surface area contributed by atoms with Crippen LogP contribution in [0.3, 0.4) is 0 Å². The zero-order chi connectivity index (χ0) is 19.6. The highest BCUT2D eigenvalue weighted by Crippen LogP contribution is 2.28. The van der Waals surface area contributed by atoms with E-state index in [1.54, 1.807) is 11.3 Å². The van der Waals surface area contributed by atoms with Gasteiger partial charge in [0.1, 0.15) is 0 Å². The zero-order valence-electron chi connectivity index (χ0n) is 15.8. The van der Waals surface area contributed by atoms with Gasteiger partial charge in [-0.05, 0) is 30.7 Å². The number of aromatic nitrogens is 3. The summed E-state index contributed by atoms with van der Waals surface area (Å²) in [7, 11) is 0. The van der Waals surface area contributed by atoms with Crippen LogP contribution in [0, 0.1) is 0 Å². The number of hydrogen-bond donors (Lipinski definition) is 0. The van der Waals surface area contributed by atoms with E-state index in [1.807, 2.05) is 53.4 Å². The van der Waals surface area contributed by atoms with Crippen LogP contribution in [0.1, 0.15) is 29.6 Å². The number of likely N-dealkylation sites (tertiary alicyclic amines) is 1. The third kappa shape index (κ3) is 3.78. The maximum Gasteiger partial charge on any atom is 0.257 e. The summed E-state index contributed by atoms with van der Waals surface area (Å²) in [6.07, 6.45) is 2.02. The average molecular weight is 404 g/mol. The van der Waals surface area contributed by atoms with E-state index >= 15 is 0 Å². The van der Waals surface area contributed by atoms with Gasteiger partial charge in [0.15, 0.2) is 5.82 Å². The number of rotatable bonds is 5. The predicted octanol–water partition coefficient (Wildman–Crippen LogP) is 4.30. The third-order valence-electron chi connectivity index (χ3n) is 5.26.